The Hall–Kier alpha value is -2.04. The Morgan fingerprint density at radius 3 is 2.27 bits per heavy atom. The lowest BCUT2D eigenvalue weighted by Gasteiger charge is -2.25. The van der Waals surface area contributed by atoms with Gasteiger partial charge in [0.05, 0.1) is 19.6 Å². The molecule has 22 heavy (non-hydrogen) atoms. The number of carbonyl (C=O) groups is 2. The fourth-order valence-corrected chi connectivity index (χ4v) is 2.27. The highest BCUT2D eigenvalue weighted by Crippen LogP contribution is 2.21. The summed E-state index contributed by atoms with van der Waals surface area (Å²) < 4.78 is 9.96. The van der Waals surface area contributed by atoms with E-state index in [0.717, 1.165) is 16.8 Å². The first-order chi connectivity index (χ1) is 10.5. The van der Waals surface area contributed by atoms with Crippen LogP contribution in [-0.4, -0.2) is 38.2 Å². The van der Waals surface area contributed by atoms with Crippen molar-refractivity contribution in [2.24, 2.45) is 0 Å². The summed E-state index contributed by atoms with van der Waals surface area (Å²) in [5.41, 5.74) is 3.15. The van der Waals surface area contributed by atoms with Crippen LogP contribution in [-0.2, 0) is 19.1 Å². The van der Waals surface area contributed by atoms with Gasteiger partial charge in [-0.25, -0.2) is 0 Å². The van der Waals surface area contributed by atoms with Crippen LogP contribution < -0.4 is 4.90 Å². The predicted octanol–water partition coefficient (Wildman–Crippen LogP) is 2.63. The van der Waals surface area contributed by atoms with Crippen molar-refractivity contribution < 1.29 is 19.1 Å². The number of nitrogens with zero attached hydrogens (tertiary/aromatic N) is 1. The van der Waals surface area contributed by atoms with E-state index in [0.29, 0.717) is 19.8 Å². The summed E-state index contributed by atoms with van der Waals surface area (Å²) >= 11 is 0. The lowest BCUT2D eigenvalue weighted by Crippen LogP contribution is -2.33. The van der Waals surface area contributed by atoms with E-state index >= 15 is 0 Å². The SMILES string of the molecule is CCOC(=O)CCN(CC(=O)OCC)c1ccc(C)cc1C. The Labute approximate surface area is 132 Å². The van der Waals surface area contributed by atoms with E-state index in [1.807, 2.05) is 30.9 Å². The molecule has 0 bridgehead atoms. The highest BCUT2D eigenvalue weighted by Gasteiger charge is 2.16. The molecular weight excluding hydrogens is 282 g/mol. The fraction of sp³-hybridized carbons (Fsp3) is 0.529. The number of rotatable bonds is 8. The van der Waals surface area contributed by atoms with Gasteiger partial charge in [0.2, 0.25) is 0 Å². The van der Waals surface area contributed by atoms with E-state index in [2.05, 4.69) is 6.07 Å². The molecule has 1 aromatic rings. The molecule has 1 rings (SSSR count). The molecule has 0 N–H and O–H groups in total. The first kappa shape index (κ1) is 18.0. The van der Waals surface area contributed by atoms with Gasteiger partial charge in [-0.3, -0.25) is 9.59 Å². The summed E-state index contributed by atoms with van der Waals surface area (Å²) in [5.74, 6) is -0.563. The molecule has 0 unspecified atom stereocenters. The van der Waals surface area contributed by atoms with Crippen molar-refractivity contribution >= 4 is 17.6 Å². The van der Waals surface area contributed by atoms with Gasteiger partial charge in [-0.2, -0.15) is 0 Å². The second kappa shape index (κ2) is 9.07. The number of anilines is 1. The summed E-state index contributed by atoms with van der Waals surface area (Å²) in [5, 5.41) is 0. The topological polar surface area (TPSA) is 55.8 Å². The molecule has 0 heterocycles. The second-order valence-corrected chi connectivity index (χ2v) is 5.07. The van der Waals surface area contributed by atoms with Gasteiger partial charge in [0, 0.05) is 12.2 Å². The number of hydrogen-bond donors (Lipinski definition) is 0. The number of esters is 2. The monoisotopic (exact) mass is 307 g/mol. The molecule has 0 atom stereocenters. The van der Waals surface area contributed by atoms with Gasteiger partial charge < -0.3 is 14.4 Å². The Balaban J connectivity index is 2.85. The third-order valence-corrected chi connectivity index (χ3v) is 3.21. The van der Waals surface area contributed by atoms with Crippen molar-refractivity contribution in [2.45, 2.75) is 34.1 Å². The zero-order chi connectivity index (χ0) is 16.5. The minimum atomic E-state index is -0.300. The van der Waals surface area contributed by atoms with Crippen molar-refractivity contribution in [2.75, 3.05) is 31.2 Å². The minimum absolute atomic E-state index is 0.122. The first-order valence-electron chi connectivity index (χ1n) is 7.61. The van der Waals surface area contributed by atoms with Gasteiger partial charge in [-0.05, 0) is 39.3 Å². The Kier molecular flexibility index (Phi) is 7.43. The standard InChI is InChI=1S/C17H25NO4/c1-5-21-16(19)9-10-18(12-17(20)22-6-2)15-8-7-13(3)11-14(15)4/h7-8,11H,5-6,9-10,12H2,1-4H3. The number of ether oxygens (including phenoxy) is 2. The summed E-state index contributed by atoms with van der Waals surface area (Å²) in [4.78, 5) is 25.2. The lowest BCUT2D eigenvalue weighted by molar-refractivity contribution is -0.144. The molecule has 0 aliphatic heterocycles. The van der Waals surface area contributed by atoms with Crippen LogP contribution in [0.3, 0.4) is 0 Å². The predicted molar refractivity (Wildman–Crippen MR) is 86.0 cm³/mol. The fourth-order valence-electron chi connectivity index (χ4n) is 2.27. The highest BCUT2D eigenvalue weighted by atomic mass is 16.5. The molecule has 122 valence electrons. The van der Waals surface area contributed by atoms with Gasteiger partial charge in [0.1, 0.15) is 6.54 Å². The third-order valence-electron chi connectivity index (χ3n) is 3.21. The maximum Gasteiger partial charge on any atom is 0.325 e. The van der Waals surface area contributed by atoms with E-state index in [9.17, 15) is 9.59 Å². The number of hydrogen-bond acceptors (Lipinski definition) is 5. The molecule has 0 fully saturated rings. The molecule has 0 radical (unpaired) electrons. The van der Waals surface area contributed by atoms with Crippen molar-refractivity contribution in [3.63, 3.8) is 0 Å². The van der Waals surface area contributed by atoms with Crippen LogP contribution in [0.4, 0.5) is 5.69 Å². The van der Waals surface area contributed by atoms with Crippen LogP contribution in [0.1, 0.15) is 31.4 Å². The summed E-state index contributed by atoms with van der Waals surface area (Å²) in [7, 11) is 0. The molecule has 0 aliphatic carbocycles. The van der Waals surface area contributed by atoms with Gasteiger partial charge in [-0.15, -0.1) is 0 Å². The number of benzene rings is 1. The van der Waals surface area contributed by atoms with E-state index in [4.69, 9.17) is 9.47 Å². The van der Waals surface area contributed by atoms with Crippen LogP contribution in [0.2, 0.25) is 0 Å². The molecule has 5 nitrogen and oxygen atoms in total. The zero-order valence-corrected chi connectivity index (χ0v) is 13.8. The van der Waals surface area contributed by atoms with Crippen molar-refractivity contribution in [1.82, 2.24) is 0 Å². The molecule has 0 aliphatic rings. The second-order valence-electron chi connectivity index (χ2n) is 5.07. The van der Waals surface area contributed by atoms with Crippen LogP contribution in [0.15, 0.2) is 18.2 Å². The molecule has 0 saturated heterocycles. The Morgan fingerprint density at radius 2 is 1.68 bits per heavy atom. The maximum absolute atomic E-state index is 11.8. The Morgan fingerprint density at radius 1 is 1.05 bits per heavy atom. The molecule has 1 aromatic carbocycles. The smallest absolute Gasteiger partial charge is 0.325 e. The van der Waals surface area contributed by atoms with Crippen LogP contribution >= 0.6 is 0 Å². The van der Waals surface area contributed by atoms with E-state index in [-0.39, 0.29) is 24.9 Å². The van der Waals surface area contributed by atoms with E-state index in [1.165, 1.54) is 0 Å². The van der Waals surface area contributed by atoms with Crippen LogP contribution in [0.5, 0.6) is 0 Å². The molecular formula is C17H25NO4. The van der Waals surface area contributed by atoms with Crippen molar-refractivity contribution in [3.8, 4) is 0 Å². The third kappa shape index (κ3) is 5.76. The Bertz CT molecular complexity index is 513. The van der Waals surface area contributed by atoms with Gasteiger partial charge in [-0.1, -0.05) is 17.7 Å². The molecule has 0 saturated carbocycles. The van der Waals surface area contributed by atoms with Gasteiger partial charge in [0.15, 0.2) is 0 Å². The average Bonchev–Trinajstić information content (AvgIpc) is 2.44. The largest absolute Gasteiger partial charge is 0.466 e. The van der Waals surface area contributed by atoms with E-state index in [1.54, 1.807) is 13.8 Å². The first-order valence-corrected chi connectivity index (χ1v) is 7.61. The van der Waals surface area contributed by atoms with Crippen LogP contribution in [0.25, 0.3) is 0 Å². The van der Waals surface area contributed by atoms with Crippen LogP contribution in [0, 0.1) is 13.8 Å². The van der Waals surface area contributed by atoms with E-state index < -0.39 is 0 Å². The molecule has 5 heteroatoms. The van der Waals surface area contributed by atoms with Crippen molar-refractivity contribution in [3.05, 3.63) is 29.3 Å². The quantitative estimate of drug-likeness (QED) is 0.691. The average molecular weight is 307 g/mol. The normalized spacial score (nSPS) is 10.2. The molecule has 0 amide bonds. The number of aryl methyl sites for hydroxylation is 2. The lowest BCUT2D eigenvalue weighted by atomic mass is 10.1. The molecule has 0 aromatic heterocycles. The summed E-state index contributed by atoms with van der Waals surface area (Å²) in [6, 6.07) is 6.01. The number of carbonyl (C=O) groups excluding carboxylic acids is 2. The van der Waals surface area contributed by atoms with Gasteiger partial charge in [0.25, 0.3) is 0 Å². The summed E-state index contributed by atoms with van der Waals surface area (Å²) in [6.07, 6.45) is 0.237. The summed E-state index contributed by atoms with van der Waals surface area (Å²) in [6.45, 7) is 8.81. The van der Waals surface area contributed by atoms with Gasteiger partial charge >= 0.3 is 11.9 Å². The molecule has 0 spiro atoms. The minimum Gasteiger partial charge on any atom is -0.466 e. The highest BCUT2D eigenvalue weighted by molar-refractivity contribution is 5.77. The zero-order valence-electron chi connectivity index (χ0n) is 13.8. The maximum atomic E-state index is 11.8. The van der Waals surface area contributed by atoms with Crippen molar-refractivity contribution in [1.29, 1.82) is 0 Å².